The van der Waals surface area contributed by atoms with Crippen molar-refractivity contribution in [1.82, 2.24) is 9.97 Å². The highest BCUT2D eigenvalue weighted by Gasteiger charge is 2.12. The molecule has 3 aromatic rings. The van der Waals surface area contributed by atoms with Crippen LogP contribution < -0.4 is 0 Å². The summed E-state index contributed by atoms with van der Waals surface area (Å²) >= 11 is 5.75. The fourth-order valence-corrected chi connectivity index (χ4v) is 2.47. The van der Waals surface area contributed by atoms with E-state index in [1.54, 1.807) is 18.5 Å². The van der Waals surface area contributed by atoms with Crippen LogP contribution in [0.15, 0.2) is 48.8 Å². The van der Waals surface area contributed by atoms with Gasteiger partial charge in [-0.15, -0.1) is 12.4 Å². The Morgan fingerprint density at radius 2 is 2.05 bits per heavy atom. The highest BCUT2D eigenvalue weighted by Crippen LogP contribution is 2.26. The predicted molar refractivity (Wildman–Crippen MR) is 91.8 cm³/mol. The van der Waals surface area contributed by atoms with Crippen molar-refractivity contribution in [3.8, 4) is 11.3 Å². The van der Waals surface area contributed by atoms with Gasteiger partial charge in [-0.2, -0.15) is 0 Å². The second kappa shape index (κ2) is 6.86. The zero-order valence-electron chi connectivity index (χ0n) is 11.9. The number of hydrogen-bond donors (Lipinski definition) is 0. The van der Waals surface area contributed by atoms with Crippen LogP contribution in [0.2, 0.25) is 0 Å². The first-order valence-corrected chi connectivity index (χ1v) is 7.10. The van der Waals surface area contributed by atoms with Crippen molar-refractivity contribution in [2.24, 2.45) is 0 Å². The molecule has 0 saturated heterocycles. The van der Waals surface area contributed by atoms with Crippen LogP contribution in [0.4, 0.5) is 0 Å². The lowest BCUT2D eigenvalue weighted by Gasteiger charge is -2.08. The number of pyridine rings is 2. The summed E-state index contributed by atoms with van der Waals surface area (Å²) in [5.41, 5.74) is 3.95. The molecular weight excluding hydrogens is 319 g/mol. The molecule has 0 fully saturated rings. The number of nitrogens with zero attached hydrogens (tertiary/aromatic N) is 2. The monoisotopic (exact) mass is 332 g/mol. The fourth-order valence-electron chi connectivity index (χ4n) is 2.32. The number of carbonyl (C=O) groups excluding carboxylic acids is 1. The van der Waals surface area contributed by atoms with Crippen molar-refractivity contribution in [3.63, 3.8) is 0 Å². The molecule has 0 N–H and O–H groups in total. The van der Waals surface area contributed by atoms with E-state index in [1.807, 2.05) is 30.3 Å². The normalized spacial score (nSPS) is 10.3. The number of fused-ring (bicyclic) bond motifs is 1. The summed E-state index contributed by atoms with van der Waals surface area (Å²) in [6.45, 7) is 2.07. The molecule has 0 bridgehead atoms. The van der Waals surface area contributed by atoms with Crippen LogP contribution in [0.5, 0.6) is 0 Å². The SMILES string of the molecule is CCc1ccc2nc(-c3cccnc3)cc(C(=O)Cl)c2c1.Cl. The van der Waals surface area contributed by atoms with E-state index in [1.165, 1.54) is 0 Å². The number of hydrogen-bond acceptors (Lipinski definition) is 3. The molecule has 0 unspecified atom stereocenters. The highest BCUT2D eigenvalue weighted by molar-refractivity contribution is 6.68. The number of halogens is 2. The molecule has 22 heavy (non-hydrogen) atoms. The number of aryl methyl sites for hydroxylation is 1. The minimum Gasteiger partial charge on any atom is -0.276 e. The predicted octanol–water partition coefficient (Wildman–Crippen LogP) is 4.66. The third-order valence-corrected chi connectivity index (χ3v) is 3.65. The Kier molecular flexibility index (Phi) is 5.11. The summed E-state index contributed by atoms with van der Waals surface area (Å²) in [5.74, 6) is 0. The number of aromatic nitrogens is 2. The van der Waals surface area contributed by atoms with E-state index in [0.717, 1.165) is 28.5 Å². The van der Waals surface area contributed by atoms with Gasteiger partial charge in [0, 0.05) is 28.9 Å². The highest BCUT2D eigenvalue weighted by atomic mass is 35.5. The van der Waals surface area contributed by atoms with Crippen LogP contribution in [0.25, 0.3) is 22.2 Å². The number of benzene rings is 1. The second-order valence-electron chi connectivity index (χ2n) is 4.78. The minimum absolute atomic E-state index is 0. The van der Waals surface area contributed by atoms with Gasteiger partial charge in [0.05, 0.1) is 11.2 Å². The molecular formula is C17H14Cl2N2O. The average Bonchev–Trinajstić information content (AvgIpc) is 2.54. The molecule has 1 aromatic carbocycles. The zero-order valence-corrected chi connectivity index (χ0v) is 13.5. The van der Waals surface area contributed by atoms with Crippen LogP contribution >= 0.6 is 24.0 Å². The van der Waals surface area contributed by atoms with Crippen molar-refractivity contribution in [3.05, 3.63) is 59.9 Å². The third kappa shape index (κ3) is 3.11. The summed E-state index contributed by atoms with van der Waals surface area (Å²) in [6, 6.07) is 11.4. The van der Waals surface area contributed by atoms with Gasteiger partial charge in [0.1, 0.15) is 0 Å². The van der Waals surface area contributed by atoms with E-state index in [0.29, 0.717) is 11.3 Å². The Hall–Kier alpha value is -1.97. The van der Waals surface area contributed by atoms with Gasteiger partial charge in [0.2, 0.25) is 0 Å². The van der Waals surface area contributed by atoms with Gasteiger partial charge in [-0.25, -0.2) is 4.98 Å². The van der Waals surface area contributed by atoms with Crippen LogP contribution in [0.3, 0.4) is 0 Å². The Balaban J connectivity index is 0.00000176. The van der Waals surface area contributed by atoms with Crippen LogP contribution in [-0.2, 0) is 6.42 Å². The molecule has 0 spiro atoms. The topological polar surface area (TPSA) is 42.9 Å². The first kappa shape index (κ1) is 16.4. The molecule has 0 saturated carbocycles. The van der Waals surface area contributed by atoms with E-state index in [-0.39, 0.29) is 12.4 Å². The molecule has 0 atom stereocenters. The summed E-state index contributed by atoms with van der Waals surface area (Å²) in [7, 11) is 0. The van der Waals surface area contributed by atoms with E-state index in [2.05, 4.69) is 16.9 Å². The summed E-state index contributed by atoms with van der Waals surface area (Å²) in [4.78, 5) is 20.5. The van der Waals surface area contributed by atoms with Crippen molar-refractivity contribution in [2.45, 2.75) is 13.3 Å². The lowest BCUT2D eigenvalue weighted by Crippen LogP contribution is -1.97. The van der Waals surface area contributed by atoms with Crippen molar-refractivity contribution in [2.75, 3.05) is 0 Å². The van der Waals surface area contributed by atoms with Gasteiger partial charge in [-0.1, -0.05) is 13.0 Å². The molecule has 2 aromatic heterocycles. The van der Waals surface area contributed by atoms with Gasteiger partial charge in [0.15, 0.2) is 0 Å². The largest absolute Gasteiger partial charge is 0.276 e. The number of carbonyl (C=O) groups is 1. The van der Waals surface area contributed by atoms with E-state index in [9.17, 15) is 4.79 Å². The van der Waals surface area contributed by atoms with Crippen molar-refractivity contribution in [1.29, 1.82) is 0 Å². The third-order valence-electron chi connectivity index (χ3n) is 3.45. The molecule has 3 rings (SSSR count). The maximum Gasteiger partial charge on any atom is 0.253 e. The van der Waals surface area contributed by atoms with E-state index in [4.69, 9.17) is 11.6 Å². The molecule has 0 aliphatic carbocycles. The Morgan fingerprint density at radius 3 is 2.68 bits per heavy atom. The van der Waals surface area contributed by atoms with Crippen molar-refractivity contribution >= 4 is 40.2 Å². The maximum atomic E-state index is 11.8. The minimum atomic E-state index is -0.471. The molecule has 0 radical (unpaired) electrons. The summed E-state index contributed by atoms with van der Waals surface area (Å²) < 4.78 is 0. The summed E-state index contributed by atoms with van der Waals surface area (Å²) in [6.07, 6.45) is 4.32. The standard InChI is InChI=1S/C17H13ClN2O.ClH/c1-2-11-5-6-15-13(8-11)14(17(18)21)9-16(20-15)12-4-3-7-19-10-12;/h3-10H,2H2,1H3;1H. The van der Waals surface area contributed by atoms with Gasteiger partial charge in [-0.05, 0) is 53.9 Å². The van der Waals surface area contributed by atoms with Crippen molar-refractivity contribution < 1.29 is 4.79 Å². The van der Waals surface area contributed by atoms with E-state index >= 15 is 0 Å². The molecule has 0 amide bonds. The fraction of sp³-hybridized carbons (Fsp3) is 0.118. The van der Waals surface area contributed by atoms with Gasteiger partial charge in [-0.3, -0.25) is 9.78 Å². The van der Waals surface area contributed by atoms with Gasteiger partial charge in [0.25, 0.3) is 5.24 Å². The van der Waals surface area contributed by atoms with E-state index < -0.39 is 5.24 Å². The first-order valence-electron chi connectivity index (χ1n) is 6.73. The van der Waals surface area contributed by atoms with Crippen LogP contribution in [0, 0.1) is 0 Å². The van der Waals surface area contributed by atoms with Gasteiger partial charge >= 0.3 is 0 Å². The molecule has 0 aliphatic heterocycles. The molecule has 0 aliphatic rings. The zero-order chi connectivity index (χ0) is 14.8. The lowest BCUT2D eigenvalue weighted by molar-refractivity contribution is 0.108. The first-order chi connectivity index (χ1) is 10.2. The van der Waals surface area contributed by atoms with Crippen LogP contribution in [-0.4, -0.2) is 15.2 Å². The van der Waals surface area contributed by atoms with Gasteiger partial charge < -0.3 is 0 Å². The average molecular weight is 333 g/mol. The maximum absolute atomic E-state index is 11.8. The Labute approximate surface area is 139 Å². The molecule has 2 heterocycles. The second-order valence-corrected chi connectivity index (χ2v) is 5.12. The van der Waals surface area contributed by atoms with Crippen LogP contribution in [0.1, 0.15) is 22.8 Å². The molecule has 5 heteroatoms. The quantitative estimate of drug-likeness (QED) is 0.655. The Morgan fingerprint density at radius 1 is 1.23 bits per heavy atom. The lowest BCUT2D eigenvalue weighted by atomic mass is 10.0. The number of rotatable bonds is 3. The Bertz CT molecular complexity index is 820. The molecule has 112 valence electrons. The smallest absolute Gasteiger partial charge is 0.253 e. The molecule has 3 nitrogen and oxygen atoms in total. The summed E-state index contributed by atoms with van der Waals surface area (Å²) in [5, 5.41) is 0.322.